The van der Waals surface area contributed by atoms with Crippen LogP contribution in [0.4, 0.5) is 8.78 Å². The van der Waals surface area contributed by atoms with Crippen LogP contribution in [0.2, 0.25) is 5.02 Å². The summed E-state index contributed by atoms with van der Waals surface area (Å²) in [5, 5.41) is 0.472. The van der Waals surface area contributed by atoms with Gasteiger partial charge in [-0.3, -0.25) is 4.98 Å². The number of halogens is 3. The number of allylic oxidation sites excluding steroid dienone is 5. The van der Waals surface area contributed by atoms with Crippen molar-refractivity contribution in [2.24, 2.45) is 0 Å². The number of aryl methyl sites for hydroxylation is 1. The van der Waals surface area contributed by atoms with Crippen molar-refractivity contribution in [1.82, 2.24) is 4.98 Å². The van der Waals surface area contributed by atoms with Crippen LogP contribution >= 0.6 is 11.6 Å². The van der Waals surface area contributed by atoms with Gasteiger partial charge in [0.1, 0.15) is 5.75 Å². The summed E-state index contributed by atoms with van der Waals surface area (Å²) in [6, 6.07) is 6.71. The highest BCUT2D eigenvalue weighted by atomic mass is 35.5. The number of hydrogen-bond donors (Lipinski definition) is 0. The van der Waals surface area contributed by atoms with E-state index in [1.165, 1.54) is 17.7 Å². The Morgan fingerprint density at radius 1 is 1.25 bits per heavy atom. The Kier molecular flexibility index (Phi) is 7.53. The maximum absolute atomic E-state index is 12.6. The Bertz CT molecular complexity index is 928. The molecule has 28 heavy (non-hydrogen) atoms. The van der Waals surface area contributed by atoms with Gasteiger partial charge in [0, 0.05) is 16.8 Å². The summed E-state index contributed by atoms with van der Waals surface area (Å²) in [6.45, 7) is 9.01. The van der Waals surface area contributed by atoms with Gasteiger partial charge in [0.2, 0.25) is 0 Å². The average molecular weight is 404 g/mol. The molecule has 0 N–H and O–H groups in total. The SMILES string of the molecule is C=CC(=C(C)C)c1cnc(/C(C)=C\Cc2cc(Cl)ccc2OC(F)F)c(C)c1. The van der Waals surface area contributed by atoms with Crippen LogP contribution in [-0.2, 0) is 6.42 Å². The normalized spacial score (nSPS) is 11.5. The lowest BCUT2D eigenvalue weighted by atomic mass is 9.99. The third kappa shape index (κ3) is 5.52. The summed E-state index contributed by atoms with van der Waals surface area (Å²) in [5.74, 6) is 0.127. The quantitative estimate of drug-likeness (QED) is 0.453. The number of aromatic nitrogens is 1. The molecule has 0 unspecified atom stereocenters. The fourth-order valence-corrected chi connectivity index (χ4v) is 3.22. The second kappa shape index (κ2) is 9.65. The molecule has 0 aliphatic carbocycles. The molecule has 2 aromatic rings. The van der Waals surface area contributed by atoms with Gasteiger partial charge in [-0.25, -0.2) is 0 Å². The summed E-state index contributed by atoms with van der Waals surface area (Å²) in [5.41, 5.74) is 6.69. The maximum atomic E-state index is 12.6. The zero-order chi connectivity index (χ0) is 20.8. The van der Waals surface area contributed by atoms with Crippen molar-refractivity contribution < 1.29 is 13.5 Å². The molecule has 1 aromatic carbocycles. The predicted molar refractivity (Wildman–Crippen MR) is 113 cm³/mol. The Labute approximate surface area is 170 Å². The summed E-state index contributed by atoms with van der Waals surface area (Å²) < 4.78 is 29.8. The number of hydrogen-bond acceptors (Lipinski definition) is 2. The van der Waals surface area contributed by atoms with Gasteiger partial charge in [-0.2, -0.15) is 8.78 Å². The van der Waals surface area contributed by atoms with Crippen LogP contribution in [0.1, 0.15) is 43.2 Å². The van der Waals surface area contributed by atoms with Gasteiger partial charge in [-0.05, 0) is 80.7 Å². The smallest absolute Gasteiger partial charge is 0.387 e. The van der Waals surface area contributed by atoms with Crippen LogP contribution in [0.15, 0.2) is 54.8 Å². The summed E-state index contributed by atoms with van der Waals surface area (Å²) in [7, 11) is 0. The molecule has 0 amide bonds. The largest absolute Gasteiger partial charge is 0.435 e. The second-order valence-corrected chi connectivity index (χ2v) is 7.17. The zero-order valence-corrected chi connectivity index (χ0v) is 17.3. The van der Waals surface area contributed by atoms with Gasteiger partial charge in [0.05, 0.1) is 5.69 Å². The van der Waals surface area contributed by atoms with Crippen molar-refractivity contribution in [2.75, 3.05) is 0 Å². The topological polar surface area (TPSA) is 22.1 Å². The standard InChI is InChI=1S/C23H24ClF2NO/c1-6-20(14(2)3)18-11-16(5)22(27-13-18)15(4)7-8-17-12-19(24)9-10-21(17)28-23(25)26/h6-7,9-13,23H,1,8H2,2-5H3/b15-7-. The number of nitrogens with zero attached hydrogens (tertiary/aromatic N) is 1. The number of ether oxygens (including phenoxy) is 1. The lowest BCUT2D eigenvalue weighted by Gasteiger charge is -2.12. The highest BCUT2D eigenvalue weighted by Crippen LogP contribution is 2.27. The Balaban J connectivity index is 2.31. The van der Waals surface area contributed by atoms with Gasteiger partial charge in [-0.15, -0.1) is 0 Å². The van der Waals surface area contributed by atoms with Crippen LogP contribution in [0.25, 0.3) is 11.1 Å². The highest BCUT2D eigenvalue weighted by Gasteiger charge is 2.11. The molecular weight excluding hydrogens is 380 g/mol. The maximum Gasteiger partial charge on any atom is 0.387 e. The molecule has 0 atom stereocenters. The summed E-state index contributed by atoms with van der Waals surface area (Å²) in [6.07, 6.45) is 6.00. The van der Waals surface area contributed by atoms with E-state index >= 15 is 0 Å². The molecule has 148 valence electrons. The van der Waals surface area contributed by atoms with E-state index in [1.54, 1.807) is 6.07 Å². The molecule has 2 nitrogen and oxygen atoms in total. The van der Waals surface area contributed by atoms with Crippen LogP contribution in [0, 0.1) is 6.92 Å². The van der Waals surface area contributed by atoms with E-state index in [4.69, 9.17) is 11.6 Å². The minimum Gasteiger partial charge on any atom is -0.435 e. The molecule has 0 bridgehead atoms. The molecule has 1 aromatic heterocycles. The van der Waals surface area contributed by atoms with Crippen molar-refractivity contribution in [2.45, 2.75) is 40.7 Å². The zero-order valence-electron chi connectivity index (χ0n) is 16.5. The molecule has 0 spiro atoms. The first kappa shape index (κ1) is 21.8. The first-order valence-corrected chi connectivity index (χ1v) is 9.28. The van der Waals surface area contributed by atoms with Crippen LogP contribution in [0.3, 0.4) is 0 Å². The molecule has 2 rings (SSSR count). The molecule has 0 saturated carbocycles. The van der Waals surface area contributed by atoms with Gasteiger partial charge in [0.25, 0.3) is 0 Å². The highest BCUT2D eigenvalue weighted by molar-refractivity contribution is 6.30. The van der Waals surface area contributed by atoms with E-state index in [-0.39, 0.29) is 5.75 Å². The second-order valence-electron chi connectivity index (χ2n) is 6.73. The molecular formula is C23H24ClF2NO. The number of pyridine rings is 1. The fraction of sp³-hybridized carbons (Fsp3) is 0.261. The first-order chi connectivity index (χ1) is 13.2. The Morgan fingerprint density at radius 2 is 1.96 bits per heavy atom. The van der Waals surface area contributed by atoms with Gasteiger partial charge >= 0.3 is 6.61 Å². The van der Waals surface area contributed by atoms with Crippen LogP contribution in [-0.4, -0.2) is 11.6 Å². The predicted octanol–water partition coefficient (Wildman–Crippen LogP) is 7.27. The molecule has 0 saturated heterocycles. The minimum atomic E-state index is -2.88. The summed E-state index contributed by atoms with van der Waals surface area (Å²) >= 11 is 6.01. The monoisotopic (exact) mass is 403 g/mol. The third-order valence-corrected chi connectivity index (χ3v) is 4.61. The van der Waals surface area contributed by atoms with E-state index in [0.717, 1.165) is 28.0 Å². The molecule has 0 aliphatic heterocycles. The van der Waals surface area contributed by atoms with Crippen molar-refractivity contribution in [1.29, 1.82) is 0 Å². The van der Waals surface area contributed by atoms with Crippen LogP contribution < -0.4 is 4.74 Å². The van der Waals surface area contributed by atoms with Gasteiger partial charge in [0.15, 0.2) is 0 Å². The van der Waals surface area contributed by atoms with Crippen LogP contribution in [0.5, 0.6) is 5.75 Å². The Hall–Kier alpha value is -2.46. The first-order valence-electron chi connectivity index (χ1n) is 8.90. The number of benzene rings is 1. The van der Waals surface area contributed by atoms with Gasteiger partial charge in [-0.1, -0.05) is 35.9 Å². The van der Waals surface area contributed by atoms with Gasteiger partial charge < -0.3 is 4.74 Å². The minimum absolute atomic E-state index is 0.127. The number of rotatable bonds is 7. The van der Waals surface area contributed by atoms with E-state index in [0.29, 0.717) is 17.0 Å². The molecule has 0 radical (unpaired) electrons. The lowest BCUT2D eigenvalue weighted by Crippen LogP contribution is -2.04. The average Bonchev–Trinajstić information content (AvgIpc) is 2.61. The van der Waals surface area contributed by atoms with E-state index in [9.17, 15) is 8.78 Å². The third-order valence-electron chi connectivity index (χ3n) is 4.37. The van der Waals surface area contributed by atoms with E-state index in [1.807, 2.05) is 46.0 Å². The molecule has 1 heterocycles. The van der Waals surface area contributed by atoms with E-state index < -0.39 is 6.61 Å². The van der Waals surface area contributed by atoms with E-state index in [2.05, 4.69) is 22.4 Å². The molecule has 0 fully saturated rings. The number of alkyl halides is 2. The lowest BCUT2D eigenvalue weighted by molar-refractivity contribution is -0.0503. The molecule has 0 aliphatic rings. The van der Waals surface area contributed by atoms with Crippen molar-refractivity contribution >= 4 is 22.7 Å². The summed E-state index contributed by atoms with van der Waals surface area (Å²) in [4.78, 5) is 4.60. The van der Waals surface area contributed by atoms with Crippen molar-refractivity contribution in [3.05, 3.63) is 82.2 Å². The Morgan fingerprint density at radius 3 is 2.54 bits per heavy atom. The fourth-order valence-electron chi connectivity index (χ4n) is 3.02. The van der Waals surface area contributed by atoms with Crippen molar-refractivity contribution in [3.8, 4) is 5.75 Å². The molecule has 5 heteroatoms. The van der Waals surface area contributed by atoms with Crippen molar-refractivity contribution in [3.63, 3.8) is 0 Å².